The Morgan fingerprint density at radius 3 is 2.68 bits per heavy atom. The Morgan fingerprint density at radius 1 is 1.32 bits per heavy atom. The molecule has 2 rings (SSSR count). The predicted octanol–water partition coefficient (Wildman–Crippen LogP) is 2.18. The number of aliphatic hydroxyl groups excluding tert-OH is 1. The van der Waals surface area contributed by atoms with Gasteiger partial charge in [-0.2, -0.15) is 0 Å². The maximum Gasteiger partial charge on any atom is 0.238 e. The third-order valence-electron chi connectivity index (χ3n) is 3.52. The molecule has 0 heterocycles. The molecule has 0 radical (unpaired) electrons. The standard InChI is InChI=1S/C13H18FNO3S/c1-9-6-7-10(14)8-11(9)15-19(17,18)13-5-3-2-4-12(13)16/h6-8,12-13,15-16H,2-5H2,1H3. The Morgan fingerprint density at radius 2 is 2.00 bits per heavy atom. The van der Waals surface area contributed by atoms with Gasteiger partial charge >= 0.3 is 0 Å². The number of rotatable bonds is 3. The van der Waals surface area contributed by atoms with Crippen LogP contribution < -0.4 is 4.72 Å². The van der Waals surface area contributed by atoms with Crippen molar-refractivity contribution in [2.75, 3.05) is 4.72 Å². The summed E-state index contributed by atoms with van der Waals surface area (Å²) < 4.78 is 40.0. The molecule has 2 unspecified atom stereocenters. The average Bonchev–Trinajstić information content (AvgIpc) is 2.34. The largest absolute Gasteiger partial charge is 0.392 e. The summed E-state index contributed by atoms with van der Waals surface area (Å²) in [5.41, 5.74) is 0.882. The van der Waals surface area contributed by atoms with Crippen molar-refractivity contribution in [1.29, 1.82) is 0 Å². The van der Waals surface area contributed by atoms with Gasteiger partial charge in [0.15, 0.2) is 0 Å². The van der Waals surface area contributed by atoms with Gasteiger partial charge in [0.05, 0.1) is 11.8 Å². The second-order valence-corrected chi connectivity index (χ2v) is 6.90. The summed E-state index contributed by atoms with van der Waals surface area (Å²) in [5.74, 6) is -0.493. The molecule has 0 aromatic heterocycles. The van der Waals surface area contributed by atoms with Gasteiger partial charge in [0.2, 0.25) is 10.0 Å². The molecule has 1 aliphatic carbocycles. The van der Waals surface area contributed by atoms with Gasteiger partial charge in [-0.3, -0.25) is 4.72 Å². The first kappa shape index (κ1) is 14.3. The normalized spacial score (nSPS) is 24.2. The number of halogens is 1. The summed E-state index contributed by atoms with van der Waals surface area (Å²) in [6.45, 7) is 1.70. The monoisotopic (exact) mass is 287 g/mol. The SMILES string of the molecule is Cc1ccc(F)cc1NS(=O)(=O)C1CCCCC1O. The van der Waals surface area contributed by atoms with E-state index < -0.39 is 27.2 Å². The van der Waals surface area contributed by atoms with Gasteiger partial charge in [-0.1, -0.05) is 18.9 Å². The minimum Gasteiger partial charge on any atom is -0.392 e. The lowest BCUT2D eigenvalue weighted by atomic mass is 9.97. The zero-order chi connectivity index (χ0) is 14.0. The summed E-state index contributed by atoms with van der Waals surface area (Å²) in [4.78, 5) is 0. The fourth-order valence-corrected chi connectivity index (χ4v) is 4.08. The Bertz CT molecular complexity index is 559. The zero-order valence-corrected chi connectivity index (χ0v) is 11.6. The smallest absolute Gasteiger partial charge is 0.238 e. The maximum atomic E-state index is 13.2. The first-order valence-corrected chi connectivity index (χ1v) is 7.90. The summed E-state index contributed by atoms with van der Waals surface area (Å²) in [6, 6.07) is 3.95. The van der Waals surface area contributed by atoms with Crippen LogP contribution in [0.15, 0.2) is 18.2 Å². The van der Waals surface area contributed by atoms with E-state index in [1.807, 2.05) is 0 Å². The molecule has 1 aromatic rings. The maximum absolute atomic E-state index is 13.2. The lowest BCUT2D eigenvalue weighted by Gasteiger charge is -2.27. The molecule has 1 saturated carbocycles. The van der Waals surface area contributed by atoms with Crippen LogP contribution in [0.4, 0.5) is 10.1 Å². The number of anilines is 1. The number of sulfonamides is 1. The van der Waals surface area contributed by atoms with Crippen LogP contribution in [0, 0.1) is 12.7 Å². The van der Waals surface area contributed by atoms with Crippen molar-refractivity contribution in [3.05, 3.63) is 29.6 Å². The van der Waals surface area contributed by atoms with E-state index in [1.165, 1.54) is 12.1 Å². The molecule has 6 heteroatoms. The molecule has 1 aromatic carbocycles. The van der Waals surface area contributed by atoms with E-state index in [1.54, 1.807) is 6.92 Å². The molecular formula is C13H18FNO3S. The zero-order valence-electron chi connectivity index (χ0n) is 10.8. The molecule has 0 aliphatic heterocycles. The molecule has 0 bridgehead atoms. The topological polar surface area (TPSA) is 66.4 Å². The van der Waals surface area contributed by atoms with Gasteiger partial charge in [0.1, 0.15) is 11.1 Å². The number of nitrogens with one attached hydrogen (secondary N) is 1. The molecule has 4 nitrogen and oxygen atoms in total. The molecule has 2 atom stereocenters. The average molecular weight is 287 g/mol. The first-order valence-electron chi connectivity index (χ1n) is 6.36. The fourth-order valence-electron chi connectivity index (χ4n) is 2.37. The molecule has 0 amide bonds. The fraction of sp³-hybridized carbons (Fsp3) is 0.538. The van der Waals surface area contributed by atoms with Gasteiger partial charge in [0.25, 0.3) is 0 Å². The van der Waals surface area contributed by atoms with Crippen molar-refractivity contribution >= 4 is 15.7 Å². The minimum absolute atomic E-state index is 0.234. The summed E-state index contributed by atoms with van der Waals surface area (Å²) in [6.07, 6.45) is 1.70. The number of aliphatic hydroxyl groups is 1. The van der Waals surface area contributed by atoms with Crippen LogP contribution in [-0.4, -0.2) is 24.9 Å². The quantitative estimate of drug-likeness (QED) is 0.895. The lowest BCUT2D eigenvalue weighted by molar-refractivity contribution is 0.133. The van der Waals surface area contributed by atoms with E-state index in [-0.39, 0.29) is 5.69 Å². The summed E-state index contributed by atoms with van der Waals surface area (Å²) in [5, 5.41) is 9.00. The predicted molar refractivity (Wildman–Crippen MR) is 71.9 cm³/mol. The molecule has 0 saturated heterocycles. The Hall–Kier alpha value is -1.14. The van der Waals surface area contributed by atoms with Crippen LogP contribution in [0.25, 0.3) is 0 Å². The van der Waals surface area contributed by atoms with Crippen LogP contribution in [-0.2, 0) is 10.0 Å². The van der Waals surface area contributed by atoms with Gasteiger partial charge in [-0.25, -0.2) is 12.8 Å². The van der Waals surface area contributed by atoms with E-state index in [0.717, 1.165) is 18.9 Å². The highest BCUT2D eigenvalue weighted by Gasteiger charge is 2.34. The van der Waals surface area contributed by atoms with Crippen LogP contribution in [0.5, 0.6) is 0 Å². The number of hydrogen-bond donors (Lipinski definition) is 2. The van der Waals surface area contributed by atoms with Crippen molar-refractivity contribution in [1.82, 2.24) is 0 Å². The molecular weight excluding hydrogens is 269 g/mol. The second-order valence-electron chi connectivity index (χ2n) is 5.00. The highest BCUT2D eigenvalue weighted by atomic mass is 32.2. The van der Waals surface area contributed by atoms with Gasteiger partial charge in [0, 0.05) is 0 Å². The minimum atomic E-state index is -3.69. The van der Waals surface area contributed by atoms with Gasteiger partial charge < -0.3 is 5.11 Å². The molecule has 0 spiro atoms. The van der Waals surface area contributed by atoms with Crippen LogP contribution in [0.1, 0.15) is 31.2 Å². The van der Waals surface area contributed by atoms with Gasteiger partial charge in [-0.05, 0) is 37.5 Å². The third-order valence-corrected chi connectivity index (χ3v) is 5.37. The number of aryl methyl sites for hydroxylation is 1. The molecule has 1 aliphatic rings. The van der Waals surface area contributed by atoms with Crippen molar-refractivity contribution in [3.63, 3.8) is 0 Å². The van der Waals surface area contributed by atoms with E-state index >= 15 is 0 Å². The van der Waals surface area contributed by atoms with E-state index in [2.05, 4.69) is 4.72 Å². The molecule has 2 N–H and O–H groups in total. The van der Waals surface area contributed by atoms with E-state index in [0.29, 0.717) is 18.4 Å². The molecule has 19 heavy (non-hydrogen) atoms. The number of benzene rings is 1. The van der Waals surface area contributed by atoms with E-state index in [9.17, 15) is 17.9 Å². The Balaban J connectivity index is 2.23. The van der Waals surface area contributed by atoms with E-state index in [4.69, 9.17) is 0 Å². The second kappa shape index (κ2) is 5.46. The summed E-state index contributed by atoms with van der Waals surface area (Å²) in [7, 11) is -3.69. The number of hydrogen-bond acceptors (Lipinski definition) is 3. The molecule has 1 fully saturated rings. The van der Waals surface area contributed by atoms with Crippen LogP contribution in [0.2, 0.25) is 0 Å². The lowest BCUT2D eigenvalue weighted by Crippen LogP contribution is -2.40. The third kappa shape index (κ3) is 3.25. The van der Waals surface area contributed by atoms with Crippen molar-refractivity contribution in [2.45, 2.75) is 44.0 Å². The highest BCUT2D eigenvalue weighted by Crippen LogP contribution is 2.27. The van der Waals surface area contributed by atoms with Crippen molar-refractivity contribution < 1.29 is 17.9 Å². The van der Waals surface area contributed by atoms with Crippen LogP contribution >= 0.6 is 0 Å². The van der Waals surface area contributed by atoms with Gasteiger partial charge in [-0.15, -0.1) is 0 Å². The Labute approximate surface area is 112 Å². The highest BCUT2D eigenvalue weighted by molar-refractivity contribution is 7.93. The summed E-state index contributed by atoms with van der Waals surface area (Å²) >= 11 is 0. The first-order chi connectivity index (χ1) is 8.90. The van der Waals surface area contributed by atoms with Crippen LogP contribution in [0.3, 0.4) is 0 Å². The van der Waals surface area contributed by atoms with Crippen molar-refractivity contribution in [2.24, 2.45) is 0 Å². The molecule has 106 valence electrons. The van der Waals surface area contributed by atoms with Crippen molar-refractivity contribution in [3.8, 4) is 0 Å². The Kier molecular flexibility index (Phi) is 4.10.